The van der Waals surface area contributed by atoms with Crippen molar-refractivity contribution in [3.63, 3.8) is 0 Å². The van der Waals surface area contributed by atoms with Crippen molar-refractivity contribution in [1.29, 1.82) is 0 Å². The SMILES string of the molecule is CCOC(=O)c1c(NC(=O)CSC2=N/C(=C/c3cn(C)nc3C)C(=O)N2c2ccccc2)sc2c1CCC(CC)C2. The Kier molecular flexibility index (Phi) is 8.74. The summed E-state index contributed by atoms with van der Waals surface area (Å²) in [6.07, 6.45) is 7.37. The summed E-state index contributed by atoms with van der Waals surface area (Å²) in [5.41, 5.74) is 4.01. The van der Waals surface area contributed by atoms with Crippen molar-refractivity contribution in [2.75, 3.05) is 22.6 Å². The van der Waals surface area contributed by atoms with E-state index in [9.17, 15) is 14.4 Å². The molecule has 3 aromatic rings. The number of thiophene rings is 1. The number of aryl methyl sites for hydroxylation is 2. The Hall–Kier alpha value is -3.70. The van der Waals surface area contributed by atoms with Gasteiger partial charge in [-0.3, -0.25) is 19.2 Å². The average Bonchev–Trinajstić information content (AvgIpc) is 3.58. The molecule has 0 radical (unpaired) electrons. The maximum atomic E-state index is 13.5. The van der Waals surface area contributed by atoms with Crippen LogP contribution in [-0.4, -0.2) is 45.1 Å². The first-order valence-electron chi connectivity index (χ1n) is 13.7. The van der Waals surface area contributed by atoms with Crippen LogP contribution in [0.25, 0.3) is 6.08 Å². The number of thioether (sulfide) groups is 1. The smallest absolute Gasteiger partial charge is 0.341 e. The van der Waals surface area contributed by atoms with E-state index in [0.717, 1.165) is 47.4 Å². The predicted molar refractivity (Wildman–Crippen MR) is 164 cm³/mol. The first-order chi connectivity index (χ1) is 19.8. The van der Waals surface area contributed by atoms with Crippen molar-refractivity contribution in [2.24, 2.45) is 18.0 Å². The fourth-order valence-corrected chi connectivity index (χ4v) is 7.29. The first kappa shape index (κ1) is 28.8. The van der Waals surface area contributed by atoms with Crippen molar-refractivity contribution < 1.29 is 19.1 Å². The number of aliphatic imine (C=N–C) groups is 1. The van der Waals surface area contributed by atoms with Crippen LogP contribution < -0.4 is 10.2 Å². The Bertz CT molecular complexity index is 1540. The molecule has 0 saturated carbocycles. The number of fused-ring (bicyclic) bond motifs is 1. The lowest BCUT2D eigenvalue weighted by atomic mass is 9.85. The summed E-state index contributed by atoms with van der Waals surface area (Å²) in [7, 11) is 1.82. The van der Waals surface area contributed by atoms with Gasteiger partial charge in [0.2, 0.25) is 5.91 Å². The number of hydrogen-bond donors (Lipinski definition) is 1. The molecule has 1 aliphatic heterocycles. The normalized spacial score (nSPS) is 17.5. The van der Waals surface area contributed by atoms with Gasteiger partial charge >= 0.3 is 5.97 Å². The minimum absolute atomic E-state index is 0.0110. The van der Waals surface area contributed by atoms with Gasteiger partial charge in [0.15, 0.2) is 5.17 Å². The van der Waals surface area contributed by atoms with Gasteiger partial charge in [0.25, 0.3) is 5.91 Å². The summed E-state index contributed by atoms with van der Waals surface area (Å²) in [4.78, 5) is 46.9. The van der Waals surface area contributed by atoms with Crippen molar-refractivity contribution in [3.05, 3.63) is 69.5 Å². The summed E-state index contributed by atoms with van der Waals surface area (Å²) in [5.74, 6) is -0.366. The van der Waals surface area contributed by atoms with E-state index in [1.807, 2.05) is 50.5 Å². The fourth-order valence-electron chi connectivity index (χ4n) is 5.11. The van der Waals surface area contributed by atoms with E-state index in [1.165, 1.54) is 28.0 Å². The Morgan fingerprint density at radius 2 is 2.02 bits per heavy atom. The number of anilines is 2. The maximum Gasteiger partial charge on any atom is 0.341 e. The number of para-hydroxylation sites is 1. The van der Waals surface area contributed by atoms with Crippen LogP contribution >= 0.6 is 23.1 Å². The van der Waals surface area contributed by atoms with Crippen LogP contribution in [0.4, 0.5) is 10.7 Å². The second kappa shape index (κ2) is 12.4. The Labute approximate surface area is 247 Å². The van der Waals surface area contributed by atoms with E-state index in [0.29, 0.717) is 27.3 Å². The van der Waals surface area contributed by atoms with Crippen molar-refractivity contribution in [3.8, 4) is 0 Å². The molecular formula is C30H33N5O4S2. The molecule has 1 aliphatic carbocycles. The van der Waals surface area contributed by atoms with Gasteiger partial charge in [0, 0.05) is 23.7 Å². The molecule has 2 aromatic heterocycles. The monoisotopic (exact) mass is 591 g/mol. The van der Waals surface area contributed by atoms with Gasteiger partial charge in [0.1, 0.15) is 10.7 Å². The van der Waals surface area contributed by atoms with E-state index in [1.54, 1.807) is 17.7 Å². The predicted octanol–water partition coefficient (Wildman–Crippen LogP) is 5.60. The molecule has 11 heteroatoms. The van der Waals surface area contributed by atoms with E-state index in [2.05, 4.69) is 22.3 Å². The van der Waals surface area contributed by atoms with Crippen LogP contribution in [0.3, 0.4) is 0 Å². The average molecular weight is 592 g/mol. The lowest BCUT2D eigenvalue weighted by Gasteiger charge is -2.20. The summed E-state index contributed by atoms with van der Waals surface area (Å²) in [6, 6.07) is 9.24. The fraction of sp³-hybridized carbons (Fsp3) is 0.367. The molecule has 5 rings (SSSR count). The largest absolute Gasteiger partial charge is 0.462 e. The van der Waals surface area contributed by atoms with Crippen LogP contribution in [0.5, 0.6) is 0 Å². The van der Waals surface area contributed by atoms with E-state index >= 15 is 0 Å². The summed E-state index contributed by atoms with van der Waals surface area (Å²) >= 11 is 2.65. The van der Waals surface area contributed by atoms with Gasteiger partial charge in [-0.05, 0) is 62.8 Å². The number of rotatable bonds is 8. The molecule has 0 fully saturated rings. The van der Waals surface area contributed by atoms with E-state index in [4.69, 9.17) is 4.74 Å². The van der Waals surface area contributed by atoms with Crippen molar-refractivity contribution in [2.45, 2.75) is 46.5 Å². The maximum absolute atomic E-state index is 13.5. The summed E-state index contributed by atoms with van der Waals surface area (Å²) in [5, 5.41) is 8.25. The number of hydrogen-bond acceptors (Lipinski definition) is 8. The molecule has 3 heterocycles. The van der Waals surface area contributed by atoms with Crippen molar-refractivity contribution in [1.82, 2.24) is 9.78 Å². The van der Waals surface area contributed by atoms with Gasteiger partial charge in [-0.2, -0.15) is 5.10 Å². The van der Waals surface area contributed by atoms with Crippen LogP contribution in [0.15, 0.2) is 47.2 Å². The highest BCUT2D eigenvalue weighted by atomic mass is 32.2. The highest BCUT2D eigenvalue weighted by Crippen LogP contribution is 2.41. The molecule has 0 spiro atoms. The molecule has 1 aromatic carbocycles. The van der Waals surface area contributed by atoms with Crippen LogP contribution in [0.1, 0.15) is 58.7 Å². The van der Waals surface area contributed by atoms with Gasteiger partial charge in [-0.1, -0.05) is 43.3 Å². The Balaban J connectivity index is 1.37. The van der Waals surface area contributed by atoms with Gasteiger partial charge in [0.05, 0.1) is 29.3 Å². The first-order valence-corrected chi connectivity index (χ1v) is 15.5. The third kappa shape index (κ3) is 6.15. The summed E-state index contributed by atoms with van der Waals surface area (Å²) in [6.45, 7) is 6.10. The molecular weight excluding hydrogens is 558 g/mol. The number of amides is 2. The zero-order valence-electron chi connectivity index (χ0n) is 23.6. The quantitative estimate of drug-likeness (QED) is 0.270. The zero-order valence-corrected chi connectivity index (χ0v) is 25.2. The van der Waals surface area contributed by atoms with Crippen LogP contribution in [-0.2, 0) is 34.2 Å². The lowest BCUT2D eigenvalue weighted by molar-refractivity contribution is -0.114. The molecule has 41 heavy (non-hydrogen) atoms. The number of benzene rings is 1. The third-order valence-electron chi connectivity index (χ3n) is 7.20. The molecule has 0 saturated heterocycles. The number of carbonyl (C=O) groups is 3. The van der Waals surface area contributed by atoms with E-state index < -0.39 is 5.97 Å². The molecule has 2 amide bonds. The third-order valence-corrected chi connectivity index (χ3v) is 9.31. The molecule has 2 aliphatic rings. The Morgan fingerprint density at radius 3 is 2.71 bits per heavy atom. The Morgan fingerprint density at radius 1 is 1.24 bits per heavy atom. The molecule has 1 atom stereocenters. The number of esters is 1. The highest BCUT2D eigenvalue weighted by molar-refractivity contribution is 8.14. The highest BCUT2D eigenvalue weighted by Gasteiger charge is 2.33. The number of nitrogens with zero attached hydrogens (tertiary/aromatic N) is 4. The second-order valence-corrected chi connectivity index (χ2v) is 12.1. The van der Waals surface area contributed by atoms with Crippen LogP contribution in [0, 0.1) is 12.8 Å². The minimum atomic E-state index is -0.399. The molecule has 0 bridgehead atoms. The molecule has 1 N–H and O–H groups in total. The summed E-state index contributed by atoms with van der Waals surface area (Å²) < 4.78 is 7.04. The number of carbonyl (C=O) groups excluding carboxylic acids is 3. The topological polar surface area (TPSA) is 106 Å². The van der Waals surface area contributed by atoms with Gasteiger partial charge in [-0.15, -0.1) is 11.3 Å². The lowest BCUT2D eigenvalue weighted by Crippen LogP contribution is -2.31. The van der Waals surface area contributed by atoms with E-state index in [-0.39, 0.29) is 29.9 Å². The molecule has 214 valence electrons. The zero-order chi connectivity index (χ0) is 29.1. The molecule has 1 unspecified atom stereocenters. The molecule has 9 nitrogen and oxygen atoms in total. The van der Waals surface area contributed by atoms with Gasteiger partial charge in [-0.25, -0.2) is 9.79 Å². The van der Waals surface area contributed by atoms with Gasteiger partial charge < -0.3 is 10.1 Å². The number of nitrogens with one attached hydrogen (secondary N) is 1. The van der Waals surface area contributed by atoms with Crippen LogP contribution in [0.2, 0.25) is 0 Å². The second-order valence-electron chi connectivity index (χ2n) is 10.0. The minimum Gasteiger partial charge on any atom is -0.462 e. The number of ether oxygens (including phenoxy) is 1. The standard InChI is InChI=1S/C30H33N5O4S2/c1-5-19-12-13-22-24(14-19)41-27(26(22)29(38)39-6-2)32-25(36)17-40-30-31-23(15-20-16-34(4)33-18(20)3)28(37)35(30)21-10-8-7-9-11-21/h7-11,15-16,19H,5-6,12-14,17H2,1-4H3,(H,32,36)/b23-15+. The number of aromatic nitrogens is 2. The van der Waals surface area contributed by atoms with Crippen molar-refractivity contribution >= 4 is 62.8 Å². The number of amidine groups is 1.